The number of rotatable bonds is 7. The first-order chi connectivity index (χ1) is 14.9. The molecule has 31 heavy (non-hydrogen) atoms. The molecule has 0 radical (unpaired) electrons. The lowest BCUT2D eigenvalue weighted by Crippen LogP contribution is -2.48. The molecular weight excluding hydrogens is 395 g/mol. The van der Waals surface area contributed by atoms with Gasteiger partial charge in [-0.1, -0.05) is 12.1 Å². The van der Waals surface area contributed by atoms with Crippen LogP contribution in [0.1, 0.15) is 35.5 Å². The highest BCUT2D eigenvalue weighted by Crippen LogP contribution is 2.22. The van der Waals surface area contributed by atoms with E-state index in [2.05, 4.69) is 46.4 Å². The molecule has 1 aliphatic heterocycles. The molecule has 0 amide bonds. The van der Waals surface area contributed by atoms with Crippen molar-refractivity contribution in [3.63, 3.8) is 0 Å². The highest BCUT2D eigenvalue weighted by molar-refractivity contribution is 5.80. The summed E-state index contributed by atoms with van der Waals surface area (Å²) in [4.78, 5) is 6.79. The van der Waals surface area contributed by atoms with Crippen LogP contribution < -0.4 is 10.6 Å². The van der Waals surface area contributed by atoms with Crippen molar-refractivity contribution < 1.29 is 9.13 Å². The van der Waals surface area contributed by atoms with Gasteiger partial charge in [0.25, 0.3) is 0 Å². The number of hydrogen-bond acceptors (Lipinski definition) is 4. The molecule has 2 N–H and O–H groups in total. The molecule has 7 nitrogen and oxygen atoms in total. The molecule has 2 unspecified atom stereocenters. The topological polar surface area (TPSA) is 66.7 Å². The number of morpholine rings is 1. The zero-order valence-corrected chi connectivity index (χ0v) is 19.3. The number of nitrogens with one attached hydrogen (secondary N) is 2. The van der Waals surface area contributed by atoms with E-state index in [0.29, 0.717) is 19.8 Å². The van der Waals surface area contributed by atoms with Crippen molar-refractivity contribution in [2.24, 2.45) is 12.0 Å². The fraction of sp³-hybridized carbons (Fsp3) is 0.565. The predicted molar refractivity (Wildman–Crippen MR) is 122 cm³/mol. The molecule has 2 aromatic rings. The van der Waals surface area contributed by atoms with E-state index >= 15 is 0 Å². The second kappa shape index (κ2) is 10.7. The Morgan fingerprint density at radius 3 is 2.48 bits per heavy atom. The van der Waals surface area contributed by atoms with Crippen LogP contribution in [0.15, 0.2) is 29.3 Å². The third-order valence-corrected chi connectivity index (χ3v) is 5.98. The number of hydrogen-bond donors (Lipinski definition) is 2. The Morgan fingerprint density at radius 2 is 1.90 bits per heavy atom. The fourth-order valence-electron chi connectivity index (χ4n) is 4.12. The number of aliphatic imine (C=N–C) groups is 1. The standard InChI is InChI=1S/C23H35FN6O/c1-16(14-21-17(2)28-29(5)18(21)3)27-23(25-4)26-15-22(30-10-12-31-13-11-30)19-6-8-20(24)9-7-19/h6-9,16,22H,10-15H2,1-5H3,(H2,25,26,27). The maximum absolute atomic E-state index is 13.5. The van der Waals surface area contributed by atoms with Crippen LogP contribution in [0, 0.1) is 19.7 Å². The van der Waals surface area contributed by atoms with E-state index in [0.717, 1.165) is 36.7 Å². The van der Waals surface area contributed by atoms with E-state index in [4.69, 9.17) is 4.74 Å². The Kier molecular flexibility index (Phi) is 8.03. The van der Waals surface area contributed by atoms with Gasteiger partial charge < -0.3 is 15.4 Å². The number of ether oxygens (including phenoxy) is 1. The van der Waals surface area contributed by atoms with Crippen molar-refractivity contribution in [1.29, 1.82) is 0 Å². The van der Waals surface area contributed by atoms with Gasteiger partial charge in [-0.05, 0) is 50.5 Å². The molecular formula is C23H35FN6O. The van der Waals surface area contributed by atoms with Crippen molar-refractivity contribution in [3.05, 3.63) is 52.6 Å². The Bertz CT molecular complexity index is 873. The van der Waals surface area contributed by atoms with Crippen LogP contribution in [0.3, 0.4) is 0 Å². The highest BCUT2D eigenvalue weighted by atomic mass is 19.1. The summed E-state index contributed by atoms with van der Waals surface area (Å²) in [6.07, 6.45) is 0.872. The van der Waals surface area contributed by atoms with E-state index < -0.39 is 0 Å². The molecule has 170 valence electrons. The molecule has 0 bridgehead atoms. The Balaban J connectivity index is 1.63. The SMILES string of the molecule is CN=C(NCC(c1ccc(F)cc1)N1CCOCC1)NC(C)Cc1c(C)nn(C)c1C. The molecule has 0 spiro atoms. The van der Waals surface area contributed by atoms with E-state index in [1.54, 1.807) is 7.05 Å². The average molecular weight is 431 g/mol. The Labute approximate surface area is 184 Å². The van der Waals surface area contributed by atoms with Crippen LogP contribution in [0.4, 0.5) is 4.39 Å². The van der Waals surface area contributed by atoms with Gasteiger partial charge >= 0.3 is 0 Å². The molecule has 0 saturated carbocycles. The molecule has 2 heterocycles. The summed E-state index contributed by atoms with van der Waals surface area (Å²) in [7, 11) is 3.76. The van der Waals surface area contributed by atoms with Crippen LogP contribution in [-0.4, -0.2) is 66.6 Å². The molecule has 0 aliphatic carbocycles. The fourth-order valence-corrected chi connectivity index (χ4v) is 4.12. The normalized spacial score (nSPS) is 17.4. The zero-order valence-electron chi connectivity index (χ0n) is 19.3. The monoisotopic (exact) mass is 430 g/mol. The third kappa shape index (κ3) is 6.04. The molecule has 8 heteroatoms. The smallest absolute Gasteiger partial charge is 0.191 e. The molecule has 1 saturated heterocycles. The van der Waals surface area contributed by atoms with Gasteiger partial charge in [-0.15, -0.1) is 0 Å². The van der Waals surface area contributed by atoms with Gasteiger partial charge in [0.15, 0.2) is 5.96 Å². The summed E-state index contributed by atoms with van der Waals surface area (Å²) in [6, 6.07) is 7.09. The van der Waals surface area contributed by atoms with Gasteiger partial charge in [0, 0.05) is 45.5 Å². The third-order valence-electron chi connectivity index (χ3n) is 5.98. The van der Waals surface area contributed by atoms with Gasteiger partial charge in [-0.25, -0.2) is 4.39 Å². The molecule has 3 rings (SSSR count). The second-order valence-electron chi connectivity index (χ2n) is 8.19. The van der Waals surface area contributed by atoms with Gasteiger partial charge in [-0.3, -0.25) is 14.6 Å². The summed E-state index contributed by atoms with van der Waals surface area (Å²) in [6.45, 7) is 10.1. The van der Waals surface area contributed by atoms with Crippen LogP contribution in [-0.2, 0) is 18.2 Å². The average Bonchev–Trinajstić information content (AvgIpc) is 3.00. The van der Waals surface area contributed by atoms with Crippen molar-refractivity contribution in [2.75, 3.05) is 39.9 Å². The number of aryl methyl sites for hydroxylation is 2. The molecule has 1 aliphatic rings. The first-order valence-electron chi connectivity index (χ1n) is 10.9. The summed E-state index contributed by atoms with van der Waals surface area (Å²) in [5.74, 6) is 0.539. The van der Waals surface area contributed by atoms with E-state index in [9.17, 15) is 4.39 Å². The predicted octanol–water partition coefficient (Wildman–Crippen LogP) is 2.35. The summed E-state index contributed by atoms with van der Waals surface area (Å²) < 4.78 is 20.9. The second-order valence-corrected chi connectivity index (χ2v) is 8.19. The van der Waals surface area contributed by atoms with E-state index in [1.165, 1.54) is 23.4 Å². The molecule has 1 aromatic carbocycles. The zero-order chi connectivity index (χ0) is 22.4. The van der Waals surface area contributed by atoms with Crippen molar-refractivity contribution in [2.45, 2.75) is 39.3 Å². The molecule has 1 fully saturated rings. The summed E-state index contributed by atoms with van der Waals surface area (Å²) >= 11 is 0. The van der Waals surface area contributed by atoms with Crippen LogP contribution in [0.2, 0.25) is 0 Å². The minimum atomic E-state index is -0.218. The van der Waals surface area contributed by atoms with Crippen LogP contribution in [0.5, 0.6) is 0 Å². The maximum Gasteiger partial charge on any atom is 0.191 e. The van der Waals surface area contributed by atoms with E-state index in [1.807, 2.05) is 23.9 Å². The summed E-state index contributed by atoms with van der Waals surface area (Å²) in [5, 5.41) is 11.5. The number of nitrogens with zero attached hydrogens (tertiary/aromatic N) is 4. The van der Waals surface area contributed by atoms with E-state index in [-0.39, 0.29) is 17.9 Å². The Hall–Kier alpha value is -2.45. The van der Waals surface area contributed by atoms with Gasteiger partial charge in [0.1, 0.15) is 5.82 Å². The lowest BCUT2D eigenvalue weighted by molar-refractivity contribution is 0.0170. The number of halogens is 1. The van der Waals surface area contributed by atoms with Crippen molar-refractivity contribution in [3.8, 4) is 0 Å². The van der Waals surface area contributed by atoms with Crippen LogP contribution >= 0.6 is 0 Å². The lowest BCUT2D eigenvalue weighted by Gasteiger charge is -2.35. The molecule has 1 aromatic heterocycles. The highest BCUT2D eigenvalue weighted by Gasteiger charge is 2.23. The summed E-state index contributed by atoms with van der Waals surface area (Å²) in [5.41, 5.74) is 4.62. The molecule has 2 atom stereocenters. The first-order valence-corrected chi connectivity index (χ1v) is 10.9. The number of benzene rings is 1. The van der Waals surface area contributed by atoms with Crippen molar-refractivity contribution >= 4 is 5.96 Å². The lowest BCUT2D eigenvalue weighted by atomic mass is 10.0. The minimum absolute atomic E-state index is 0.112. The van der Waals surface area contributed by atoms with Crippen LogP contribution in [0.25, 0.3) is 0 Å². The number of aromatic nitrogens is 2. The minimum Gasteiger partial charge on any atom is -0.379 e. The van der Waals surface area contributed by atoms with Crippen molar-refractivity contribution in [1.82, 2.24) is 25.3 Å². The van der Waals surface area contributed by atoms with Gasteiger partial charge in [0.2, 0.25) is 0 Å². The largest absolute Gasteiger partial charge is 0.379 e. The first kappa shape index (κ1) is 23.2. The number of guanidine groups is 1. The van der Waals surface area contributed by atoms with Gasteiger partial charge in [-0.2, -0.15) is 5.10 Å². The quantitative estimate of drug-likeness (QED) is 0.521. The maximum atomic E-state index is 13.5. The Morgan fingerprint density at radius 1 is 1.23 bits per heavy atom. The van der Waals surface area contributed by atoms with Gasteiger partial charge in [0.05, 0.1) is 24.9 Å².